The van der Waals surface area contributed by atoms with Gasteiger partial charge in [0.1, 0.15) is 5.75 Å². The van der Waals surface area contributed by atoms with Gasteiger partial charge in [-0.25, -0.2) is 0 Å². The van der Waals surface area contributed by atoms with E-state index in [-0.39, 0.29) is 0 Å². The molecular formula is C18H18O. The van der Waals surface area contributed by atoms with E-state index in [1.54, 1.807) is 6.07 Å². The highest BCUT2D eigenvalue weighted by molar-refractivity contribution is 6.00. The molecule has 3 aromatic carbocycles. The summed E-state index contributed by atoms with van der Waals surface area (Å²) in [4.78, 5) is 0. The zero-order chi connectivity index (χ0) is 13.4. The van der Waals surface area contributed by atoms with Gasteiger partial charge in [0.2, 0.25) is 0 Å². The second kappa shape index (κ2) is 4.58. The Morgan fingerprint density at radius 1 is 0.947 bits per heavy atom. The van der Waals surface area contributed by atoms with Crippen LogP contribution in [0, 0.1) is 0 Å². The molecule has 0 aliphatic carbocycles. The van der Waals surface area contributed by atoms with Gasteiger partial charge < -0.3 is 5.11 Å². The lowest BCUT2D eigenvalue weighted by atomic mass is 9.91. The molecule has 0 saturated heterocycles. The minimum absolute atomic E-state index is 0.324. The molecule has 0 bridgehead atoms. The first-order valence-electron chi connectivity index (χ1n) is 6.84. The fourth-order valence-electron chi connectivity index (χ4n) is 2.69. The molecule has 0 aliphatic heterocycles. The van der Waals surface area contributed by atoms with Crippen LogP contribution >= 0.6 is 0 Å². The Labute approximate surface area is 113 Å². The van der Waals surface area contributed by atoms with Crippen LogP contribution in [0.5, 0.6) is 5.75 Å². The van der Waals surface area contributed by atoms with Crippen LogP contribution in [-0.4, -0.2) is 5.11 Å². The van der Waals surface area contributed by atoms with E-state index in [0.717, 1.165) is 11.8 Å². The molecule has 0 fully saturated rings. The summed E-state index contributed by atoms with van der Waals surface area (Å²) in [5.74, 6) is 0.892. The Bertz CT molecular complexity index is 743. The molecule has 0 aromatic heterocycles. The Kier molecular flexibility index (Phi) is 2.90. The van der Waals surface area contributed by atoms with E-state index in [9.17, 15) is 5.11 Å². The fourth-order valence-corrected chi connectivity index (χ4v) is 2.69. The maximum atomic E-state index is 9.58. The first-order valence-corrected chi connectivity index (χ1v) is 6.84. The van der Waals surface area contributed by atoms with Gasteiger partial charge in [-0.1, -0.05) is 38.1 Å². The molecule has 0 spiro atoms. The summed E-state index contributed by atoms with van der Waals surface area (Å²) in [5, 5.41) is 14.4. The molecule has 1 heteroatoms. The average molecular weight is 250 g/mol. The third kappa shape index (κ3) is 2.06. The number of benzene rings is 3. The van der Waals surface area contributed by atoms with Crippen LogP contribution in [0.4, 0.5) is 0 Å². The second-order valence-electron chi connectivity index (χ2n) is 5.26. The van der Waals surface area contributed by atoms with Gasteiger partial charge in [-0.2, -0.15) is 0 Å². The monoisotopic (exact) mass is 250 g/mol. The van der Waals surface area contributed by atoms with E-state index >= 15 is 0 Å². The lowest BCUT2D eigenvalue weighted by Crippen LogP contribution is -1.92. The molecule has 0 aliphatic rings. The largest absolute Gasteiger partial charge is 0.508 e. The summed E-state index contributed by atoms with van der Waals surface area (Å²) in [5.41, 5.74) is 1.41. The second-order valence-corrected chi connectivity index (χ2v) is 5.26. The highest BCUT2D eigenvalue weighted by atomic mass is 16.3. The predicted molar refractivity (Wildman–Crippen MR) is 81.8 cm³/mol. The Balaban J connectivity index is 2.34. The van der Waals surface area contributed by atoms with Crippen LogP contribution < -0.4 is 0 Å². The van der Waals surface area contributed by atoms with Crippen LogP contribution in [-0.2, 0) is 0 Å². The summed E-state index contributed by atoms with van der Waals surface area (Å²) in [6, 6.07) is 16.5. The van der Waals surface area contributed by atoms with Crippen LogP contribution in [0.1, 0.15) is 31.7 Å². The van der Waals surface area contributed by atoms with Crippen molar-refractivity contribution in [3.63, 3.8) is 0 Å². The van der Waals surface area contributed by atoms with Crippen LogP contribution in [0.25, 0.3) is 21.5 Å². The summed E-state index contributed by atoms with van der Waals surface area (Å²) in [6.07, 6.45) is 1.15. The maximum Gasteiger partial charge on any atom is 0.116 e. The van der Waals surface area contributed by atoms with Crippen LogP contribution in [0.15, 0.2) is 48.5 Å². The molecule has 1 atom stereocenters. The van der Waals surface area contributed by atoms with Crippen molar-refractivity contribution >= 4 is 21.5 Å². The van der Waals surface area contributed by atoms with Crippen LogP contribution in [0.3, 0.4) is 0 Å². The first-order chi connectivity index (χ1) is 9.19. The third-order valence-electron chi connectivity index (χ3n) is 4.00. The van der Waals surface area contributed by atoms with Gasteiger partial charge in [0.25, 0.3) is 0 Å². The van der Waals surface area contributed by atoms with Gasteiger partial charge in [0.05, 0.1) is 0 Å². The number of phenols is 1. The van der Waals surface area contributed by atoms with Gasteiger partial charge in [-0.15, -0.1) is 0 Å². The van der Waals surface area contributed by atoms with Crippen molar-refractivity contribution in [3.8, 4) is 5.75 Å². The molecule has 3 rings (SSSR count). The molecule has 0 radical (unpaired) electrons. The number of hydrogen-bond acceptors (Lipinski definition) is 1. The quantitative estimate of drug-likeness (QED) is 0.619. The van der Waals surface area contributed by atoms with E-state index in [1.165, 1.54) is 21.7 Å². The molecular weight excluding hydrogens is 232 g/mol. The maximum absolute atomic E-state index is 9.58. The summed E-state index contributed by atoms with van der Waals surface area (Å²) < 4.78 is 0. The normalized spacial score (nSPS) is 12.9. The highest BCUT2D eigenvalue weighted by Gasteiger charge is 2.08. The van der Waals surface area contributed by atoms with Crippen molar-refractivity contribution in [2.24, 2.45) is 0 Å². The fraction of sp³-hybridized carbons (Fsp3) is 0.222. The summed E-state index contributed by atoms with van der Waals surface area (Å²) in [7, 11) is 0. The minimum Gasteiger partial charge on any atom is -0.508 e. The average Bonchev–Trinajstić information content (AvgIpc) is 2.43. The topological polar surface area (TPSA) is 20.2 Å². The van der Waals surface area contributed by atoms with Gasteiger partial charge in [0.15, 0.2) is 0 Å². The van der Waals surface area contributed by atoms with Crippen molar-refractivity contribution in [1.29, 1.82) is 0 Å². The van der Waals surface area contributed by atoms with Crippen molar-refractivity contribution in [3.05, 3.63) is 54.1 Å². The highest BCUT2D eigenvalue weighted by Crippen LogP contribution is 2.31. The van der Waals surface area contributed by atoms with E-state index in [4.69, 9.17) is 0 Å². The summed E-state index contributed by atoms with van der Waals surface area (Å²) >= 11 is 0. The SMILES string of the molecule is CCC(C)c1cccc2cc3cc(O)ccc3cc12. The first kappa shape index (κ1) is 12.0. The Morgan fingerprint density at radius 2 is 1.79 bits per heavy atom. The Hall–Kier alpha value is -2.02. The van der Waals surface area contributed by atoms with Crippen molar-refractivity contribution < 1.29 is 5.11 Å². The summed E-state index contributed by atoms with van der Waals surface area (Å²) in [6.45, 7) is 4.50. The molecule has 19 heavy (non-hydrogen) atoms. The van der Waals surface area contributed by atoms with E-state index in [0.29, 0.717) is 11.7 Å². The molecule has 3 aromatic rings. The zero-order valence-corrected chi connectivity index (χ0v) is 11.4. The lowest BCUT2D eigenvalue weighted by Gasteiger charge is -2.13. The predicted octanol–water partition coefficient (Wildman–Crippen LogP) is 5.21. The number of hydrogen-bond donors (Lipinski definition) is 1. The molecule has 0 amide bonds. The van der Waals surface area contributed by atoms with Gasteiger partial charge in [-0.05, 0) is 63.7 Å². The Morgan fingerprint density at radius 3 is 2.58 bits per heavy atom. The van der Waals surface area contributed by atoms with E-state index < -0.39 is 0 Å². The number of rotatable bonds is 2. The van der Waals surface area contributed by atoms with Gasteiger partial charge in [0, 0.05) is 0 Å². The van der Waals surface area contributed by atoms with Gasteiger partial charge >= 0.3 is 0 Å². The molecule has 96 valence electrons. The standard InChI is InChI=1S/C18H18O/c1-3-12(2)17-6-4-5-14-9-15-10-16(19)8-7-13(15)11-18(14)17/h4-12,19H,3H2,1-2H3. The van der Waals surface area contributed by atoms with Crippen molar-refractivity contribution in [2.45, 2.75) is 26.2 Å². The zero-order valence-electron chi connectivity index (χ0n) is 11.4. The van der Waals surface area contributed by atoms with Crippen LogP contribution in [0.2, 0.25) is 0 Å². The van der Waals surface area contributed by atoms with E-state index in [1.807, 2.05) is 12.1 Å². The lowest BCUT2D eigenvalue weighted by molar-refractivity contribution is 0.476. The smallest absolute Gasteiger partial charge is 0.116 e. The number of fused-ring (bicyclic) bond motifs is 2. The minimum atomic E-state index is 0.324. The number of aromatic hydroxyl groups is 1. The van der Waals surface area contributed by atoms with Crippen molar-refractivity contribution in [1.82, 2.24) is 0 Å². The molecule has 0 saturated carbocycles. The molecule has 0 heterocycles. The van der Waals surface area contributed by atoms with Crippen molar-refractivity contribution in [2.75, 3.05) is 0 Å². The molecule has 1 nitrogen and oxygen atoms in total. The van der Waals surface area contributed by atoms with E-state index in [2.05, 4.69) is 44.2 Å². The molecule has 1 unspecified atom stereocenters. The molecule has 1 N–H and O–H groups in total. The number of phenolic OH excluding ortho intramolecular Hbond substituents is 1. The third-order valence-corrected chi connectivity index (χ3v) is 4.00. The van der Waals surface area contributed by atoms with Gasteiger partial charge in [-0.3, -0.25) is 0 Å².